The van der Waals surface area contributed by atoms with Crippen LogP contribution in [-0.4, -0.2) is 38.1 Å². The van der Waals surface area contributed by atoms with Gasteiger partial charge in [0, 0.05) is 25.8 Å². The number of nitriles is 1. The number of benzene rings is 1. The number of rotatable bonds is 4. The number of anilines is 1. The van der Waals surface area contributed by atoms with Gasteiger partial charge in [-0.05, 0) is 44.1 Å². The van der Waals surface area contributed by atoms with Crippen LogP contribution in [-0.2, 0) is 0 Å². The van der Waals surface area contributed by atoms with Gasteiger partial charge in [0.1, 0.15) is 0 Å². The van der Waals surface area contributed by atoms with E-state index in [1.54, 1.807) is 0 Å². The molecule has 0 radical (unpaired) electrons. The molecule has 3 heteroatoms. The Morgan fingerprint density at radius 1 is 1.35 bits per heavy atom. The van der Waals surface area contributed by atoms with Crippen LogP contribution in [0.4, 0.5) is 5.69 Å². The zero-order chi connectivity index (χ0) is 12.1. The van der Waals surface area contributed by atoms with E-state index in [2.05, 4.69) is 29.0 Å². The zero-order valence-electron chi connectivity index (χ0n) is 10.4. The van der Waals surface area contributed by atoms with E-state index < -0.39 is 0 Å². The second-order valence-electron chi connectivity index (χ2n) is 4.63. The lowest BCUT2D eigenvalue weighted by Crippen LogP contribution is -2.31. The van der Waals surface area contributed by atoms with Crippen molar-refractivity contribution in [3.05, 3.63) is 29.8 Å². The van der Waals surface area contributed by atoms with Gasteiger partial charge in [-0.15, -0.1) is 0 Å². The van der Waals surface area contributed by atoms with Gasteiger partial charge in [0.05, 0.1) is 11.6 Å². The Labute approximate surface area is 103 Å². The minimum absolute atomic E-state index is 0.732. The minimum atomic E-state index is 0.732. The number of nitrogens with zero attached hydrogens (tertiary/aromatic N) is 3. The molecule has 2 rings (SSSR count). The summed E-state index contributed by atoms with van der Waals surface area (Å²) in [6.07, 6.45) is 2.68. The maximum absolute atomic E-state index is 8.87. The van der Waals surface area contributed by atoms with Gasteiger partial charge in [0.15, 0.2) is 0 Å². The molecule has 90 valence electrons. The molecule has 1 aliphatic rings. The summed E-state index contributed by atoms with van der Waals surface area (Å²) in [6, 6.07) is 9.98. The topological polar surface area (TPSA) is 30.3 Å². The second-order valence-corrected chi connectivity index (χ2v) is 4.63. The van der Waals surface area contributed by atoms with Crippen molar-refractivity contribution in [3.63, 3.8) is 0 Å². The fraction of sp³-hybridized carbons (Fsp3) is 0.500. The largest absolute Gasteiger partial charge is 0.373 e. The van der Waals surface area contributed by atoms with Crippen LogP contribution in [0.3, 0.4) is 0 Å². The Morgan fingerprint density at radius 2 is 2.12 bits per heavy atom. The minimum Gasteiger partial charge on any atom is -0.373 e. The van der Waals surface area contributed by atoms with Crippen LogP contribution in [0.25, 0.3) is 0 Å². The maximum atomic E-state index is 8.87. The summed E-state index contributed by atoms with van der Waals surface area (Å²) in [7, 11) is 2.09. The number of hydrogen-bond acceptors (Lipinski definition) is 3. The summed E-state index contributed by atoms with van der Waals surface area (Å²) in [5.74, 6) is 0. The van der Waals surface area contributed by atoms with Gasteiger partial charge >= 0.3 is 0 Å². The van der Waals surface area contributed by atoms with E-state index in [9.17, 15) is 0 Å². The zero-order valence-corrected chi connectivity index (χ0v) is 10.4. The summed E-state index contributed by atoms with van der Waals surface area (Å²) in [6.45, 7) is 4.63. The van der Waals surface area contributed by atoms with E-state index in [4.69, 9.17) is 5.26 Å². The molecular weight excluding hydrogens is 210 g/mol. The molecule has 0 saturated carbocycles. The van der Waals surface area contributed by atoms with Gasteiger partial charge in [-0.25, -0.2) is 0 Å². The lowest BCUT2D eigenvalue weighted by molar-refractivity contribution is 0.346. The third-order valence-corrected chi connectivity index (χ3v) is 3.37. The number of hydrogen-bond donors (Lipinski definition) is 0. The molecule has 17 heavy (non-hydrogen) atoms. The average Bonchev–Trinajstić information content (AvgIpc) is 2.89. The average molecular weight is 229 g/mol. The molecule has 0 N–H and O–H groups in total. The quantitative estimate of drug-likeness (QED) is 0.792. The summed E-state index contributed by atoms with van der Waals surface area (Å²) >= 11 is 0. The Balaban J connectivity index is 1.89. The molecule has 1 heterocycles. The van der Waals surface area contributed by atoms with Crippen molar-refractivity contribution >= 4 is 5.69 Å². The van der Waals surface area contributed by atoms with Gasteiger partial charge in [-0.1, -0.05) is 6.07 Å². The summed E-state index contributed by atoms with van der Waals surface area (Å²) < 4.78 is 0. The first kappa shape index (κ1) is 11.9. The van der Waals surface area contributed by atoms with Crippen LogP contribution in [0.1, 0.15) is 18.4 Å². The van der Waals surface area contributed by atoms with Crippen molar-refractivity contribution < 1.29 is 0 Å². The van der Waals surface area contributed by atoms with E-state index in [1.807, 2.05) is 18.2 Å². The van der Waals surface area contributed by atoms with Crippen molar-refractivity contribution in [2.24, 2.45) is 0 Å². The number of likely N-dealkylation sites (tertiary alicyclic amines) is 1. The van der Waals surface area contributed by atoms with Gasteiger partial charge in [-0.3, -0.25) is 0 Å². The summed E-state index contributed by atoms with van der Waals surface area (Å²) in [5.41, 5.74) is 1.86. The Bertz CT molecular complexity index is 402. The highest BCUT2D eigenvalue weighted by molar-refractivity contribution is 5.50. The highest BCUT2D eigenvalue weighted by Crippen LogP contribution is 2.14. The summed E-state index contributed by atoms with van der Waals surface area (Å²) in [5, 5.41) is 8.87. The third kappa shape index (κ3) is 3.21. The van der Waals surface area contributed by atoms with Gasteiger partial charge in [0.25, 0.3) is 0 Å². The van der Waals surface area contributed by atoms with Gasteiger partial charge in [0.2, 0.25) is 0 Å². The molecule has 0 aromatic heterocycles. The first-order chi connectivity index (χ1) is 8.29. The van der Waals surface area contributed by atoms with E-state index in [0.29, 0.717) is 0 Å². The molecule has 0 unspecified atom stereocenters. The number of likely N-dealkylation sites (N-methyl/N-ethyl adjacent to an activating group) is 1. The lowest BCUT2D eigenvalue weighted by atomic mass is 10.2. The molecule has 1 saturated heterocycles. The van der Waals surface area contributed by atoms with Crippen LogP contribution in [0, 0.1) is 11.3 Å². The Hall–Kier alpha value is -1.53. The van der Waals surface area contributed by atoms with Crippen LogP contribution < -0.4 is 4.90 Å². The molecule has 0 amide bonds. The predicted molar refractivity (Wildman–Crippen MR) is 70.1 cm³/mol. The van der Waals surface area contributed by atoms with Crippen LogP contribution in [0.5, 0.6) is 0 Å². The predicted octanol–water partition coefficient (Wildman–Crippen LogP) is 2.09. The van der Waals surface area contributed by atoms with E-state index in [0.717, 1.165) is 24.3 Å². The molecule has 1 aromatic rings. The molecule has 0 atom stereocenters. The standard InChI is InChI=1S/C14H19N3/c1-16(9-10-17-7-2-3-8-17)14-6-4-5-13(11-14)12-15/h4-6,11H,2-3,7-10H2,1H3. The van der Waals surface area contributed by atoms with E-state index in [-0.39, 0.29) is 0 Å². The Morgan fingerprint density at radius 3 is 2.82 bits per heavy atom. The SMILES string of the molecule is CN(CCN1CCCC1)c1cccc(C#N)c1. The normalized spacial score (nSPS) is 15.8. The summed E-state index contributed by atoms with van der Waals surface area (Å²) in [4.78, 5) is 4.73. The van der Waals surface area contributed by atoms with Gasteiger partial charge in [-0.2, -0.15) is 5.26 Å². The van der Waals surface area contributed by atoms with Crippen molar-refractivity contribution in [2.75, 3.05) is 38.1 Å². The lowest BCUT2D eigenvalue weighted by Gasteiger charge is -2.23. The maximum Gasteiger partial charge on any atom is 0.0992 e. The fourth-order valence-electron chi connectivity index (χ4n) is 2.24. The van der Waals surface area contributed by atoms with Crippen molar-refractivity contribution in [2.45, 2.75) is 12.8 Å². The van der Waals surface area contributed by atoms with Crippen molar-refractivity contribution in [1.82, 2.24) is 4.90 Å². The third-order valence-electron chi connectivity index (χ3n) is 3.37. The van der Waals surface area contributed by atoms with Gasteiger partial charge < -0.3 is 9.80 Å². The molecule has 1 aliphatic heterocycles. The molecule has 0 aliphatic carbocycles. The van der Waals surface area contributed by atoms with Crippen LogP contribution in [0.15, 0.2) is 24.3 Å². The first-order valence-electron chi connectivity index (χ1n) is 6.23. The molecule has 0 bridgehead atoms. The first-order valence-corrected chi connectivity index (χ1v) is 6.23. The van der Waals surface area contributed by atoms with Crippen molar-refractivity contribution in [1.29, 1.82) is 5.26 Å². The monoisotopic (exact) mass is 229 g/mol. The fourth-order valence-corrected chi connectivity index (χ4v) is 2.24. The smallest absolute Gasteiger partial charge is 0.0992 e. The molecule has 1 fully saturated rings. The molecule has 0 spiro atoms. The van der Waals surface area contributed by atoms with Crippen molar-refractivity contribution in [3.8, 4) is 6.07 Å². The highest BCUT2D eigenvalue weighted by atomic mass is 15.2. The Kier molecular flexibility index (Phi) is 4.00. The van der Waals surface area contributed by atoms with Crippen LogP contribution in [0.2, 0.25) is 0 Å². The van der Waals surface area contributed by atoms with Crippen LogP contribution >= 0.6 is 0 Å². The highest BCUT2D eigenvalue weighted by Gasteiger charge is 2.11. The van der Waals surface area contributed by atoms with E-state index in [1.165, 1.54) is 25.9 Å². The molecular formula is C14H19N3. The molecule has 1 aromatic carbocycles. The van der Waals surface area contributed by atoms with E-state index >= 15 is 0 Å². The molecule has 3 nitrogen and oxygen atoms in total. The second kappa shape index (κ2) is 5.70.